The van der Waals surface area contributed by atoms with Gasteiger partial charge in [-0.25, -0.2) is 0 Å². The van der Waals surface area contributed by atoms with Gasteiger partial charge in [-0.1, -0.05) is 0 Å². The Morgan fingerprint density at radius 2 is 1.30 bits per heavy atom. The summed E-state index contributed by atoms with van der Waals surface area (Å²) in [6, 6.07) is 7.78. The van der Waals surface area contributed by atoms with Gasteiger partial charge in [0.2, 0.25) is 0 Å². The molecule has 0 unspecified atom stereocenters. The van der Waals surface area contributed by atoms with E-state index in [-0.39, 0.29) is 5.75 Å². The second kappa shape index (κ2) is 5.70. The quantitative estimate of drug-likeness (QED) is 0.461. The third-order valence-electron chi connectivity index (χ3n) is 2.73. The fourth-order valence-electron chi connectivity index (χ4n) is 1.81. The monoisotopic (exact) mass is 360 g/mol. The van der Waals surface area contributed by atoms with Crippen molar-refractivity contribution in [1.29, 1.82) is 0 Å². The van der Waals surface area contributed by atoms with Gasteiger partial charge < -0.3 is 16.2 Å². The molecule has 0 saturated heterocycles. The van der Waals surface area contributed by atoms with Crippen LogP contribution >= 0.6 is 0 Å². The van der Waals surface area contributed by atoms with Crippen LogP contribution in [0.5, 0.6) is 11.5 Å². The lowest BCUT2D eigenvalue weighted by Gasteiger charge is -2.13. The molecule has 0 heterocycles. The van der Waals surface area contributed by atoms with Crippen LogP contribution in [0, 0.1) is 0 Å². The third-order valence-corrected chi connectivity index (χ3v) is 4.74. The van der Waals surface area contributed by atoms with E-state index in [2.05, 4.69) is 0 Å². The van der Waals surface area contributed by atoms with E-state index >= 15 is 0 Å². The third kappa shape index (κ3) is 3.71. The second-order valence-corrected chi connectivity index (χ2v) is 7.15. The minimum Gasteiger partial charge on any atom is -0.456 e. The van der Waals surface area contributed by atoms with Crippen LogP contribution in [0.3, 0.4) is 0 Å². The molecule has 0 aliphatic carbocycles. The fourth-order valence-corrected chi connectivity index (χ4v) is 3.86. The number of hydrogen-bond acceptors (Lipinski definition) is 7. The summed E-state index contributed by atoms with van der Waals surface area (Å²) in [6.45, 7) is 0. The molecule has 2 rings (SSSR count). The lowest BCUT2D eigenvalue weighted by molar-refractivity contribution is 0.437. The first kappa shape index (κ1) is 17.0. The number of rotatable bonds is 4. The molecule has 6 N–H and O–H groups in total. The van der Waals surface area contributed by atoms with Crippen LogP contribution in [0.15, 0.2) is 46.2 Å². The van der Waals surface area contributed by atoms with Crippen LogP contribution in [0.2, 0.25) is 0 Å². The minimum atomic E-state index is -5.07. The van der Waals surface area contributed by atoms with Crippen molar-refractivity contribution in [2.75, 3.05) is 11.5 Å². The molecule has 0 saturated carbocycles. The predicted molar refractivity (Wildman–Crippen MR) is 81.4 cm³/mol. The Balaban J connectivity index is 2.72. The first-order chi connectivity index (χ1) is 10.5. The maximum absolute atomic E-state index is 11.5. The van der Waals surface area contributed by atoms with E-state index in [4.69, 9.17) is 16.2 Å². The van der Waals surface area contributed by atoms with E-state index in [9.17, 15) is 25.9 Å². The highest BCUT2D eigenvalue weighted by atomic mass is 32.2. The first-order valence-electron chi connectivity index (χ1n) is 5.91. The topological polar surface area (TPSA) is 170 Å². The molecule has 2 aromatic rings. The number of ether oxygens (including phenoxy) is 1. The number of benzene rings is 2. The molecule has 0 atom stereocenters. The highest BCUT2D eigenvalue weighted by Crippen LogP contribution is 2.37. The summed E-state index contributed by atoms with van der Waals surface area (Å²) in [7, 11) is -10.1. The van der Waals surface area contributed by atoms with E-state index < -0.39 is 41.5 Å². The lowest BCUT2D eigenvalue weighted by atomic mass is 10.3. The number of anilines is 2. The van der Waals surface area contributed by atoms with Crippen LogP contribution in [-0.4, -0.2) is 25.9 Å². The molecule has 0 bridgehead atoms. The molecule has 0 radical (unpaired) electrons. The van der Waals surface area contributed by atoms with Gasteiger partial charge in [-0.3, -0.25) is 9.11 Å². The Labute approximate surface area is 132 Å². The molecule has 0 aromatic heterocycles. The van der Waals surface area contributed by atoms with E-state index in [1.165, 1.54) is 24.3 Å². The van der Waals surface area contributed by atoms with Gasteiger partial charge in [-0.05, 0) is 36.4 Å². The lowest BCUT2D eigenvalue weighted by Crippen LogP contribution is -2.12. The number of hydrogen-bond donors (Lipinski definition) is 4. The number of nitrogens with two attached hydrogens (primary N) is 2. The zero-order valence-electron chi connectivity index (χ0n) is 11.4. The van der Waals surface area contributed by atoms with E-state index in [1.54, 1.807) is 0 Å². The normalized spacial score (nSPS) is 12.1. The summed E-state index contributed by atoms with van der Waals surface area (Å²) in [5, 5.41) is 0. The van der Waals surface area contributed by atoms with Crippen LogP contribution in [0.1, 0.15) is 0 Å². The number of nitrogen functional groups attached to an aromatic ring is 2. The van der Waals surface area contributed by atoms with Crippen molar-refractivity contribution in [3.8, 4) is 11.5 Å². The highest BCUT2D eigenvalue weighted by Gasteiger charge is 2.31. The SMILES string of the molecule is Nc1ccc(Oc2ccc(N)c(S(=O)(=O)O)c2S(=O)(=O)O)cc1. The Kier molecular flexibility index (Phi) is 4.22. The Bertz CT molecular complexity index is 952. The summed E-state index contributed by atoms with van der Waals surface area (Å²) >= 11 is 0. The molecule has 11 heteroatoms. The molecule has 124 valence electrons. The van der Waals surface area contributed by atoms with Gasteiger partial charge in [0.15, 0.2) is 4.90 Å². The first-order valence-corrected chi connectivity index (χ1v) is 8.79. The van der Waals surface area contributed by atoms with Gasteiger partial charge in [0.25, 0.3) is 20.2 Å². The van der Waals surface area contributed by atoms with Gasteiger partial charge in [0, 0.05) is 5.69 Å². The summed E-state index contributed by atoms with van der Waals surface area (Å²) < 4.78 is 69.6. The zero-order valence-corrected chi connectivity index (χ0v) is 13.0. The van der Waals surface area contributed by atoms with Crippen LogP contribution in [-0.2, 0) is 20.2 Å². The predicted octanol–water partition coefficient (Wildman–Crippen LogP) is 1.14. The molecule has 0 aliphatic rings. The summed E-state index contributed by atoms with van der Waals surface area (Å²) in [6.07, 6.45) is 0. The van der Waals surface area contributed by atoms with Crippen molar-refractivity contribution in [3.63, 3.8) is 0 Å². The summed E-state index contributed by atoms with van der Waals surface area (Å²) in [4.78, 5) is -2.32. The Hall–Kier alpha value is -2.34. The molecule has 0 amide bonds. The maximum Gasteiger partial charge on any atom is 0.299 e. The average Bonchev–Trinajstić information content (AvgIpc) is 2.40. The van der Waals surface area contributed by atoms with Gasteiger partial charge in [0.05, 0.1) is 5.69 Å². The van der Waals surface area contributed by atoms with Gasteiger partial charge in [-0.2, -0.15) is 16.8 Å². The van der Waals surface area contributed by atoms with E-state index in [1.807, 2.05) is 0 Å². The van der Waals surface area contributed by atoms with Crippen molar-refractivity contribution >= 4 is 31.6 Å². The fraction of sp³-hybridized carbons (Fsp3) is 0. The molecule has 2 aromatic carbocycles. The van der Waals surface area contributed by atoms with Crippen molar-refractivity contribution in [2.24, 2.45) is 0 Å². The van der Waals surface area contributed by atoms with Gasteiger partial charge >= 0.3 is 0 Å². The molecular formula is C12H12N2O7S2. The summed E-state index contributed by atoms with van der Waals surface area (Å²) in [5.74, 6) is -0.408. The van der Waals surface area contributed by atoms with Crippen LogP contribution in [0.25, 0.3) is 0 Å². The summed E-state index contributed by atoms with van der Waals surface area (Å²) in [5.41, 5.74) is 10.8. The Morgan fingerprint density at radius 3 is 1.78 bits per heavy atom. The molecular weight excluding hydrogens is 348 g/mol. The second-order valence-electron chi connectivity index (χ2n) is 4.43. The van der Waals surface area contributed by atoms with Crippen LogP contribution < -0.4 is 16.2 Å². The molecule has 0 aliphatic heterocycles. The van der Waals surface area contributed by atoms with Crippen molar-refractivity contribution < 1.29 is 30.7 Å². The zero-order chi connectivity index (χ0) is 17.4. The standard InChI is InChI=1S/C12H12N2O7S2/c13-7-1-3-8(4-2-7)21-10-6-5-9(14)11(22(15,16)17)12(10)23(18,19)20/h1-6H,13-14H2,(H,15,16,17)(H,18,19,20). The highest BCUT2D eigenvalue weighted by molar-refractivity contribution is 7.89. The average molecular weight is 360 g/mol. The molecule has 9 nitrogen and oxygen atoms in total. The van der Waals surface area contributed by atoms with E-state index in [0.29, 0.717) is 5.69 Å². The van der Waals surface area contributed by atoms with Crippen LogP contribution in [0.4, 0.5) is 11.4 Å². The largest absolute Gasteiger partial charge is 0.456 e. The molecule has 23 heavy (non-hydrogen) atoms. The maximum atomic E-state index is 11.5. The van der Waals surface area contributed by atoms with Crippen molar-refractivity contribution in [2.45, 2.75) is 9.79 Å². The minimum absolute atomic E-state index is 0.121. The van der Waals surface area contributed by atoms with E-state index in [0.717, 1.165) is 12.1 Å². The van der Waals surface area contributed by atoms with Gasteiger partial charge in [0.1, 0.15) is 16.4 Å². The van der Waals surface area contributed by atoms with Gasteiger partial charge in [-0.15, -0.1) is 0 Å². The van der Waals surface area contributed by atoms with Crippen molar-refractivity contribution in [1.82, 2.24) is 0 Å². The van der Waals surface area contributed by atoms with Crippen molar-refractivity contribution in [3.05, 3.63) is 36.4 Å². The smallest absolute Gasteiger partial charge is 0.299 e. The molecule has 0 fully saturated rings. The Morgan fingerprint density at radius 1 is 0.783 bits per heavy atom. The molecule has 0 spiro atoms.